The topological polar surface area (TPSA) is 29.3 Å². The Labute approximate surface area is 114 Å². The van der Waals surface area contributed by atoms with Crippen LogP contribution in [0.3, 0.4) is 0 Å². The number of rotatable bonds is 5. The lowest BCUT2D eigenvalue weighted by atomic mass is 10.1. The normalized spacial score (nSPS) is 21.8. The van der Waals surface area contributed by atoms with Crippen LogP contribution in [0.1, 0.15) is 29.4 Å². The molecule has 0 unspecified atom stereocenters. The number of hydrogen-bond acceptors (Lipinski definition) is 3. The van der Waals surface area contributed by atoms with Crippen molar-refractivity contribution in [3.8, 4) is 0 Å². The predicted molar refractivity (Wildman–Crippen MR) is 74.9 cm³/mol. The van der Waals surface area contributed by atoms with Gasteiger partial charge in [0, 0.05) is 19.2 Å². The van der Waals surface area contributed by atoms with E-state index in [1.807, 2.05) is 13.0 Å². The fourth-order valence-electron chi connectivity index (χ4n) is 2.79. The molecule has 3 nitrogen and oxygen atoms in total. The highest BCUT2D eigenvalue weighted by molar-refractivity contribution is 5.25. The quantitative estimate of drug-likeness (QED) is 0.822. The Morgan fingerprint density at radius 1 is 1.32 bits per heavy atom. The van der Waals surface area contributed by atoms with E-state index in [4.69, 9.17) is 4.52 Å². The average molecular weight is 256 g/mol. The van der Waals surface area contributed by atoms with Crippen LogP contribution in [0.4, 0.5) is 0 Å². The zero-order valence-corrected chi connectivity index (χ0v) is 11.5. The van der Waals surface area contributed by atoms with E-state index < -0.39 is 0 Å². The van der Waals surface area contributed by atoms with Crippen LogP contribution >= 0.6 is 0 Å². The van der Waals surface area contributed by atoms with Crippen molar-refractivity contribution in [2.24, 2.45) is 5.92 Å². The molecule has 1 aliphatic carbocycles. The van der Waals surface area contributed by atoms with Gasteiger partial charge in [-0.05, 0) is 37.8 Å². The van der Waals surface area contributed by atoms with E-state index in [1.165, 1.54) is 12.0 Å². The monoisotopic (exact) mass is 256 g/mol. The molecule has 3 heteroatoms. The van der Waals surface area contributed by atoms with Gasteiger partial charge in [0.2, 0.25) is 0 Å². The van der Waals surface area contributed by atoms with Crippen LogP contribution in [0.15, 0.2) is 40.9 Å². The number of aromatic nitrogens is 1. The second-order valence-electron chi connectivity index (χ2n) is 5.64. The van der Waals surface area contributed by atoms with Gasteiger partial charge < -0.3 is 9.42 Å². The fourth-order valence-corrected chi connectivity index (χ4v) is 2.79. The zero-order valence-electron chi connectivity index (χ0n) is 11.5. The molecule has 0 saturated heterocycles. The van der Waals surface area contributed by atoms with Crippen molar-refractivity contribution in [1.82, 2.24) is 10.1 Å². The smallest absolute Gasteiger partial charge is 0.133 e. The van der Waals surface area contributed by atoms with E-state index in [9.17, 15) is 0 Å². The van der Waals surface area contributed by atoms with Gasteiger partial charge in [-0.25, -0.2) is 0 Å². The molecule has 0 aliphatic heterocycles. The van der Waals surface area contributed by atoms with Gasteiger partial charge in [-0.2, -0.15) is 0 Å². The van der Waals surface area contributed by atoms with Gasteiger partial charge in [0.05, 0.1) is 5.69 Å². The molecule has 1 heterocycles. The minimum atomic E-state index is 0.752. The molecule has 100 valence electrons. The molecule has 1 fully saturated rings. The minimum Gasteiger partial charge on any atom is -0.361 e. The van der Waals surface area contributed by atoms with Gasteiger partial charge in [0.25, 0.3) is 0 Å². The number of benzene rings is 1. The van der Waals surface area contributed by atoms with E-state index in [2.05, 4.69) is 47.4 Å². The number of aryl methyl sites for hydroxylation is 1. The summed E-state index contributed by atoms with van der Waals surface area (Å²) in [6.45, 7) is 3.93. The summed E-state index contributed by atoms with van der Waals surface area (Å²) in [7, 11) is 2.16. The maximum atomic E-state index is 5.10. The van der Waals surface area contributed by atoms with Crippen LogP contribution in [0, 0.1) is 12.8 Å². The lowest BCUT2D eigenvalue weighted by molar-refractivity contribution is 0.296. The van der Waals surface area contributed by atoms with Crippen LogP contribution in [-0.2, 0) is 6.54 Å². The van der Waals surface area contributed by atoms with Crippen molar-refractivity contribution in [1.29, 1.82) is 0 Å². The first-order chi connectivity index (χ1) is 9.22. The molecule has 2 aromatic rings. The van der Waals surface area contributed by atoms with Crippen molar-refractivity contribution in [2.75, 3.05) is 13.6 Å². The molecular formula is C16H20N2O. The van der Waals surface area contributed by atoms with Crippen molar-refractivity contribution < 1.29 is 4.52 Å². The fraction of sp³-hybridized carbons (Fsp3) is 0.438. The largest absolute Gasteiger partial charge is 0.361 e. The third-order valence-electron chi connectivity index (χ3n) is 3.81. The molecule has 1 saturated carbocycles. The lowest BCUT2D eigenvalue weighted by Crippen LogP contribution is -2.21. The highest BCUT2D eigenvalue weighted by Gasteiger charge is 2.38. The first kappa shape index (κ1) is 12.4. The third kappa shape index (κ3) is 3.04. The number of hydrogen-bond donors (Lipinski definition) is 0. The SMILES string of the molecule is Cc1cc(CN(C)C[C@@H]2C[C@H]2c2ccccc2)no1. The van der Waals surface area contributed by atoms with Gasteiger partial charge in [0.15, 0.2) is 0 Å². The minimum absolute atomic E-state index is 0.752. The van der Waals surface area contributed by atoms with Gasteiger partial charge in [-0.15, -0.1) is 0 Å². The number of nitrogens with zero attached hydrogens (tertiary/aromatic N) is 2. The van der Waals surface area contributed by atoms with E-state index in [1.54, 1.807) is 0 Å². The van der Waals surface area contributed by atoms with Gasteiger partial charge in [0.1, 0.15) is 5.76 Å². The van der Waals surface area contributed by atoms with Crippen LogP contribution in [0.5, 0.6) is 0 Å². The summed E-state index contributed by atoms with van der Waals surface area (Å²) >= 11 is 0. The van der Waals surface area contributed by atoms with Gasteiger partial charge >= 0.3 is 0 Å². The average Bonchev–Trinajstić information content (AvgIpc) is 3.05. The molecule has 0 spiro atoms. The molecule has 1 aliphatic rings. The highest BCUT2D eigenvalue weighted by Crippen LogP contribution is 2.47. The Morgan fingerprint density at radius 2 is 2.11 bits per heavy atom. The van der Waals surface area contributed by atoms with E-state index in [0.29, 0.717) is 0 Å². The summed E-state index contributed by atoms with van der Waals surface area (Å²) < 4.78 is 5.10. The second kappa shape index (κ2) is 5.17. The Hall–Kier alpha value is -1.61. The molecule has 19 heavy (non-hydrogen) atoms. The Kier molecular flexibility index (Phi) is 3.38. The molecule has 0 bridgehead atoms. The molecule has 1 aromatic carbocycles. The van der Waals surface area contributed by atoms with Crippen molar-refractivity contribution >= 4 is 0 Å². The van der Waals surface area contributed by atoms with Crippen LogP contribution < -0.4 is 0 Å². The van der Waals surface area contributed by atoms with Crippen LogP contribution in [0.25, 0.3) is 0 Å². The van der Waals surface area contributed by atoms with E-state index >= 15 is 0 Å². The summed E-state index contributed by atoms with van der Waals surface area (Å²) in [6, 6.07) is 12.8. The van der Waals surface area contributed by atoms with Crippen molar-refractivity contribution in [3.05, 3.63) is 53.4 Å². The van der Waals surface area contributed by atoms with Crippen LogP contribution in [0.2, 0.25) is 0 Å². The highest BCUT2D eigenvalue weighted by atomic mass is 16.5. The first-order valence-electron chi connectivity index (χ1n) is 6.88. The predicted octanol–water partition coefficient (Wildman–Crippen LogP) is 3.22. The molecule has 1 aromatic heterocycles. The van der Waals surface area contributed by atoms with Crippen molar-refractivity contribution in [3.63, 3.8) is 0 Å². The molecule has 0 amide bonds. The first-order valence-corrected chi connectivity index (χ1v) is 6.88. The van der Waals surface area contributed by atoms with Crippen LogP contribution in [-0.4, -0.2) is 23.6 Å². The Bertz CT molecular complexity index is 535. The van der Waals surface area contributed by atoms with Gasteiger partial charge in [-0.3, -0.25) is 0 Å². The summed E-state index contributed by atoms with van der Waals surface area (Å²) in [5, 5.41) is 4.04. The van der Waals surface area contributed by atoms with Gasteiger partial charge in [-0.1, -0.05) is 35.5 Å². The zero-order chi connectivity index (χ0) is 13.2. The van der Waals surface area contributed by atoms with E-state index in [0.717, 1.165) is 36.4 Å². The third-order valence-corrected chi connectivity index (χ3v) is 3.81. The molecule has 0 radical (unpaired) electrons. The molecular weight excluding hydrogens is 236 g/mol. The Balaban J connectivity index is 1.51. The summed E-state index contributed by atoms with van der Waals surface area (Å²) in [5.41, 5.74) is 2.51. The van der Waals surface area contributed by atoms with Crippen molar-refractivity contribution in [2.45, 2.75) is 25.8 Å². The maximum absolute atomic E-state index is 5.10. The summed E-state index contributed by atoms with van der Waals surface area (Å²) in [5.74, 6) is 2.43. The molecule has 3 rings (SSSR count). The molecule has 2 atom stereocenters. The van der Waals surface area contributed by atoms with E-state index in [-0.39, 0.29) is 0 Å². The summed E-state index contributed by atoms with van der Waals surface area (Å²) in [4.78, 5) is 2.34. The summed E-state index contributed by atoms with van der Waals surface area (Å²) in [6.07, 6.45) is 1.31. The lowest BCUT2D eigenvalue weighted by Gasteiger charge is -2.14. The maximum Gasteiger partial charge on any atom is 0.133 e. The molecule has 0 N–H and O–H groups in total. The Morgan fingerprint density at radius 3 is 2.79 bits per heavy atom. The standard InChI is InChI=1S/C16H20N2O/c1-12-8-15(17-19-12)11-18(2)10-14-9-16(14)13-6-4-3-5-7-13/h3-8,14,16H,9-11H2,1-2H3/t14-,16-/m0/s1. The second-order valence-corrected chi connectivity index (χ2v) is 5.64.